The van der Waals surface area contributed by atoms with Crippen molar-refractivity contribution in [3.05, 3.63) is 47.7 Å². The van der Waals surface area contributed by atoms with Crippen molar-refractivity contribution in [3.8, 4) is 5.75 Å². The van der Waals surface area contributed by atoms with E-state index in [0.717, 1.165) is 5.39 Å². The summed E-state index contributed by atoms with van der Waals surface area (Å²) in [5.41, 5.74) is 2.67. The number of rotatable bonds is 9. The summed E-state index contributed by atoms with van der Waals surface area (Å²) in [7, 11) is 0. The van der Waals surface area contributed by atoms with Crippen molar-refractivity contribution in [3.63, 3.8) is 0 Å². The van der Waals surface area contributed by atoms with Crippen molar-refractivity contribution in [2.75, 3.05) is 19.8 Å². The topological polar surface area (TPSA) is 102 Å². The van der Waals surface area contributed by atoms with Crippen LogP contribution in [0.4, 0.5) is 8.78 Å². The SMILES string of the molecule is Cc1cc(Cn2cc3c(CC(=O)NCCO)nccc3n2)ncc1OCC(F)F. The fourth-order valence-electron chi connectivity index (χ4n) is 2.84. The highest BCUT2D eigenvalue weighted by atomic mass is 19.3. The number of aliphatic hydroxyl groups excluding tert-OH is 1. The quantitative estimate of drug-likeness (QED) is 0.559. The maximum atomic E-state index is 12.3. The molecule has 10 heteroatoms. The van der Waals surface area contributed by atoms with E-state index in [1.165, 1.54) is 6.20 Å². The van der Waals surface area contributed by atoms with E-state index in [1.807, 2.05) is 0 Å². The Morgan fingerprint density at radius 3 is 2.93 bits per heavy atom. The zero-order valence-electron chi connectivity index (χ0n) is 15.8. The second-order valence-electron chi connectivity index (χ2n) is 6.41. The Kier molecular flexibility index (Phi) is 6.65. The normalized spacial score (nSPS) is 11.2. The number of alkyl halides is 2. The molecule has 0 aromatic carbocycles. The molecule has 0 spiro atoms. The van der Waals surface area contributed by atoms with Gasteiger partial charge in [-0.05, 0) is 24.6 Å². The molecule has 3 rings (SSSR count). The predicted molar refractivity (Wildman–Crippen MR) is 101 cm³/mol. The number of aryl methyl sites for hydroxylation is 1. The molecule has 2 N–H and O–H groups in total. The summed E-state index contributed by atoms with van der Waals surface area (Å²) in [5, 5.41) is 16.6. The van der Waals surface area contributed by atoms with Crippen LogP contribution in [0.15, 0.2) is 30.7 Å². The number of aromatic nitrogens is 4. The molecule has 29 heavy (non-hydrogen) atoms. The first-order chi connectivity index (χ1) is 14.0. The molecule has 0 aliphatic heterocycles. The van der Waals surface area contributed by atoms with Gasteiger partial charge >= 0.3 is 0 Å². The number of carbonyl (C=O) groups excluding carboxylic acids is 1. The lowest BCUT2D eigenvalue weighted by molar-refractivity contribution is -0.120. The fourth-order valence-corrected chi connectivity index (χ4v) is 2.84. The summed E-state index contributed by atoms with van der Waals surface area (Å²) in [4.78, 5) is 20.4. The van der Waals surface area contributed by atoms with E-state index in [4.69, 9.17) is 9.84 Å². The van der Waals surface area contributed by atoms with E-state index in [2.05, 4.69) is 20.4 Å². The molecule has 0 saturated heterocycles. The monoisotopic (exact) mass is 405 g/mol. The second-order valence-corrected chi connectivity index (χ2v) is 6.41. The first-order valence-corrected chi connectivity index (χ1v) is 9.01. The molecule has 0 aliphatic rings. The van der Waals surface area contributed by atoms with Crippen molar-refractivity contribution >= 4 is 16.8 Å². The standard InChI is InChI=1S/C19H21F2N5O3/c1-12-6-13(24-8-17(12)29-11-18(20)21)9-26-10-14-15(25-26)2-3-22-16(14)7-19(28)23-4-5-27/h2-3,6,8,10,18,27H,4-5,7,9,11H2,1H3,(H,23,28). The van der Waals surface area contributed by atoms with Gasteiger partial charge in [0.25, 0.3) is 6.43 Å². The summed E-state index contributed by atoms with van der Waals surface area (Å²) in [6.45, 7) is 1.52. The molecular formula is C19H21F2N5O3. The molecule has 3 heterocycles. The molecule has 0 unspecified atom stereocenters. The second kappa shape index (κ2) is 9.37. The van der Waals surface area contributed by atoms with Crippen molar-refractivity contribution in [1.82, 2.24) is 25.1 Å². The van der Waals surface area contributed by atoms with Gasteiger partial charge in [-0.15, -0.1) is 0 Å². The smallest absolute Gasteiger partial charge is 0.272 e. The number of pyridine rings is 2. The first-order valence-electron chi connectivity index (χ1n) is 9.01. The van der Waals surface area contributed by atoms with Crippen LogP contribution < -0.4 is 10.1 Å². The maximum Gasteiger partial charge on any atom is 0.272 e. The minimum absolute atomic E-state index is 0.0799. The minimum Gasteiger partial charge on any atom is -0.486 e. The van der Waals surface area contributed by atoms with Crippen LogP contribution in [0.1, 0.15) is 17.0 Å². The number of hydrogen-bond acceptors (Lipinski definition) is 6. The van der Waals surface area contributed by atoms with Crippen molar-refractivity contribution in [2.24, 2.45) is 0 Å². The van der Waals surface area contributed by atoms with Gasteiger partial charge in [-0.25, -0.2) is 8.78 Å². The highest BCUT2D eigenvalue weighted by molar-refractivity contribution is 5.86. The van der Waals surface area contributed by atoms with E-state index < -0.39 is 13.0 Å². The van der Waals surface area contributed by atoms with Crippen LogP contribution in [-0.4, -0.2) is 56.9 Å². The summed E-state index contributed by atoms with van der Waals surface area (Å²) in [6, 6.07) is 3.51. The third-order valence-electron chi connectivity index (χ3n) is 4.13. The van der Waals surface area contributed by atoms with Gasteiger partial charge in [0.1, 0.15) is 12.4 Å². The van der Waals surface area contributed by atoms with Crippen LogP contribution in [0.2, 0.25) is 0 Å². The fraction of sp³-hybridized carbons (Fsp3) is 0.368. The number of hydrogen-bond donors (Lipinski definition) is 2. The van der Waals surface area contributed by atoms with Crippen molar-refractivity contribution in [1.29, 1.82) is 0 Å². The molecule has 0 fully saturated rings. The van der Waals surface area contributed by atoms with E-state index in [-0.39, 0.29) is 25.5 Å². The van der Waals surface area contributed by atoms with Gasteiger partial charge in [-0.1, -0.05) is 0 Å². The Morgan fingerprint density at radius 1 is 1.38 bits per heavy atom. The lowest BCUT2D eigenvalue weighted by Crippen LogP contribution is -2.28. The Hall–Kier alpha value is -3.14. The lowest BCUT2D eigenvalue weighted by atomic mass is 10.2. The maximum absolute atomic E-state index is 12.3. The molecule has 154 valence electrons. The molecule has 3 aromatic heterocycles. The van der Waals surface area contributed by atoms with Crippen LogP contribution in [0.25, 0.3) is 10.9 Å². The average Bonchev–Trinajstić information content (AvgIpc) is 3.09. The van der Waals surface area contributed by atoms with Gasteiger partial charge in [0, 0.05) is 24.3 Å². The molecule has 3 aromatic rings. The highest BCUT2D eigenvalue weighted by Crippen LogP contribution is 2.20. The molecule has 1 amide bonds. The number of halogens is 2. The molecule has 8 nitrogen and oxygen atoms in total. The molecule has 0 saturated carbocycles. The van der Waals surface area contributed by atoms with E-state index >= 15 is 0 Å². The van der Waals surface area contributed by atoms with Crippen LogP contribution in [0.5, 0.6) is 5.75 Å². The third-order valence-corrected chi connectivity index (χ3v) is 4.13. The van der Waals surface area contributed by atoms with Crippen LogP contribution in [-0.2, 0) is 17.8 Å². The minimum atomic E-state index is -2.54. The predicted octanol–water partition coefficient (Wildman–Crippen LogP) is 1.48. The molecule has 0 atom stereocenters. The molecular weight excluding hydrogens is 384 g/mol. The summed E-state index contributed by atoms with van der Waals surface area (Å²) < 4.78 is 31.3. The zero-order valence-corrected chi connectivity index (χ0v) is 15.8. The number of ether oxygens (including phenoxy) is 1. The van der Waals surface area contributed by atoms with E-state index in [9.17, 15) is 13.6 Å². The van der Waals surface area contributed by atoms with Crippen molar-refractivity contribution in [2.45, 2.75) is 26.3 Å². The van der Waals surface area contributed by atoms with Gasteiger partial charge < -0.3 is 15.2 Å². The summed E-state index contributed by atoms with van der Waals surface area (Å²) in [6.07, 6.45) is 2.34. The number of fused-ring (bicyclic) bond motifs is 1. The Morgan fingerprint density at radius 2 is 2.21 bits per heavy atom. The zero-order chi connectivity index (χ0) is 20.8. The number of nitrogens with one attached hydrogen (secondary N) is 1. The molecule has 0 bridgehead atoms. The van der Waals surface area contributed by atoms with Gasteiger partial charge in [-0.2, -0.15) is 5.10 Å². The summed E-state index contributed by atoms with van der Waals surface area (Å²) >= 11 is 0. The van der Waals surface area contributed by atoms with Gasteiger partial charge in [0.15, 0.2) is 0 Å². The lowest BCUT2D eigenvalue weighted by Gasteiger charge is -2.09. The third kappa shape index (κ3) is 5.44. The average molecular weight is 405 g/mol. The van der Waals surface area contributed by atoms with E-state index in [1.54, 1.807) is 36.1 Å². The van der Waals surface area contributed by atoms with E-state index in [0.29, 0.717) is 34.8 Å². The van der Waals surface area contributed by atoms with Gasteiger partial charge in [0.2, 0.25) is 5.91 Å². The van der Waals surface area contributed by atoms with Crippen LogP contribution in [0.3, 0.4) is 0 Å². The van der Waals surface area contributed by atoms with Crippen molar-refractivity contribution < 1.29 is 23.4 Å². The van der Waals surface area contributed by atoms with Crippen LogP contribution >= 0.6 is 0 Å². The first kappa shape index (κ1) is 20.6. The highest BCUT2D eigenvalue weighted by Gasteiger charge is 2.12. The number of carbonyl (C=O) groups is 1. The van der Waals surface area contributed by atoms with Gasteiger partial charge in [-0.3, -0.25) is 19.4 Å². The van der Waals surface area contributed by atoms with Crippen LogP contribution in [0, 0.1) is 6.92 Å². The summed E-state index contributed by atoms with van der Waals surface area (Å²) in [5.74, 6) is 0.0866. The molecule has 0 aliphatic carbocycles. The number of nitrogens with zero attached hydrogens (tertiary/aromatic N) is 4. The van der Waals surface area contributed by atoms with Gasteiger partial charge in [0.05, 0.1) is 42.7 Å². The largest absolute Gasteiger partial charge is 0.486 e. The Labute approximate surface area is 165 Å². The Balaban J connectivity index is 1.75. The Bertz CT molecular complexity index is 993. The number of amides is 1. The number of aliphatic hydroxyl groups is 1. The molecule has 0 radical (unpaired) electrons.